The van der Waals surface area contributed by atoms with Crippen molar-refractivity contribution < 1.29 is 4.79 Å². The first-order valence-corrected chi connectivity index (χ1v) is 5.26. The molecule has 13 heavy (non-hydrogen) atoms. The molecule has 0 spiro atoms. The first-order valence-electron chi connectivity index (χ1n) is 5.26. The highest BCUT2D eigenvalue weighted by molar-refractivity contribution is 5.77. The number of carbonyl (C=O) groups is 1. The molecule has 0 N–H and O–H groups in total. The summed E-state index contributed by atoms with van der Waals surface area (Å²) in [6.45, 7) is 9.60. The highest BCUT2D eigenvalue weighted by Gasteiger charge is 2.34. The van der Waals surface area contributed by atoms with Crippen LogP contribution in [0.3, 0.4) is 0 Å². The van der Waals surface area contributed by atoms with Crippen LogP contribution in [0.2, 0.25) is 0 Å². The Hall–Kier alpha value is -0.530. The molecule has 0 bridgehead atoms. The highest BCUT2D eigenvalue weighted by atomic mass is 16.2. The fourth-order valence-electron chi connectivity index (χ4n) is 2.22. The Kier molecular flexibility index (Phi) is 2.99. The van der Waals surface area contributed by atoms with Gasteiger partial charge < -0.3 is 4.90 Å². The zero-order valence-corrected chi connectivity index (χ0v) is 9.26. The number of hydrogen-bond acceptors (Lipinski definition) is 1. The van der Waals surface area contributed by atoms with Crippen LogP contribution in [0.15, 0.2) is 0 Å². The van der Waals surface area contributed by atoms with E-state index in [1.807, 2.05) is 4.90 Å². The molecule has 1 aliphatic heterocycles. The topological polar surface area (TPSA) is 20.3 Å². The minimum absolute atomic E-state index is 0.228. The van der Waals surface area contributed by atoms with Gasteiger partial charge in [0.1, 0.15) is 0 Å². The van der Waals surface area contributed by atoms with Gasteiger partial charge in [0.05, 0.1) is 0 Å². The summed E-state index contributed by atoms with van der Waals surface area (Å²) >= 11 is 0. The summed E-state index contributed by atoms with van der Waals surface area (Å²) in [5.41, 5.74) is 0.228. The van der Waals surface area contributed by atoms with Crippen molar-refractivity contribution in [2.75, 3.05) is 6.54 Å². The highest BCUT2D eigenvalue weighted by Crippen LogP contribution is 2.31. The van der Waals surface area contributed by atoms with E-state index in [0.29, 0.717) is 11.9 Å². The van der Waals surface area contributed by atoms with Crippen LogP contribution in [0.1, 0.15) is 47.0 Å². The molecule has 1 fully saturated rings. The Labute approximate surface area is 81.3 Å². The van der Waals surface area contributed by atoms with E-state index in [1.165, 1.54) is 6.42 Å². The maximum atomic E-state index is 11.6. The fraction of sp³-hybridized carbons (Fsp3) is 0.909. The lowest BCUT2D eigenvalue weighted by molar-refractivity contribution is -0.139. The van der Waals surface area contributed by atoms with Gasteiger partial charge >= 0.3 is 0 Å². The quantitative estimate of drug-likeness (QED) is 0.611. The predicted octanol–water partition coefficient (Wildman–Crippen LogP) is 2.43. The minimum atomic E-state index is 0.228. The van der Waals surface area contributed by atoms with Gasteiger partial charge in [0, 0.05) is 19.0 Å². The van der Waals surface area contributed by atoms with Gasteiger partial charge in [0.25, 0.3) is 0 Å². The molecular weight excluding hydrogens is 162 g/mol. The predicted molar refractivity (Wildman–Crippen MR) is 54.5 cm³/mol. The molecule has 2 nitrogen and oxygen atoms in total. The Morgan fingerprint density at radius 3 is 2.46 bits per heavy atom. The monoisotopic (exact) mass is 183 g/mol. The molecule has 2 heteroatoms. The molecule has 1 saturated heterocycles. The van der Waals surface area contributed by atoms with Crippen LogP contribution in [0, 0.1) is 5.41 Å². The van der Waals surface area contributed by atoms with Gasteiger partial charge in [-0.25, -0.2) is 0 Å². The second kappa shape index (κ2) is 3.69. The summed E-state index contributed by atoms with van der Waals surface area (Å²) in [4.78, 5) is 13.7. The summed E-state index contributed by atoms with van der Waals surface area (Å²) in [5.74, 6) is 0.341. The van der Waals surface area contributed by atoms with Crippen molar-refractivity contribution in [2.45, 2.75) is 53.0 Å². The van der Waals surface area contributed by atoms with E-state index >= 15 is 0 Å². The van der Waals surface area contributed by atoms with Crippen molar-refractivity contribution in [3.8, 4) is 0 Å². The maximum Gasteiger partial charge on any atom is 0.222 e. The number of rotatable bonds is 1. The molecule has 1 amide bonds. The van der Waals surface area contributed by atoms with Gasteiger partial charge in [-0.05, 0) is 25.2 Å². The van der Waals surface area contributed by atoms with Crippen molar-refractivity contribution >= 4 is 5.91 Å². The number of carbonyl (C=O) groups excluding carboxylic acids is 1. The third-order valence-electron chi connectivity index (χ3n) is 2.91. The number of piperidine rings is 1. The standard InChI is InChI=1S/C11H21NO/c1-5-12-9(11(2,3)4)7-6-8-10(12)13/h9H,5-8H2,1-4H3. The van der Waals surface area contributed by atoms with Crippen molar-refractivity contribution in [3.63, 3.8) is 0 Å². The van der Waals surface area contributed by atoms with Crippen LogP contribution in [0.25, 0.3) is 0 Å². The van der Waals surface area contributed by atoms with Gasteiger partial charge in [-0.1, -0.05) is 20.8 Å². The number of amides is 1. The van der Waals surface area contributed by atoms with E-state index in [4.69, 9.17) is 0 Å². The zero-order valence-electron chi connectivity index (χ0n) is 9.26. The lowest BCUT2D eigenvalue weighted by Gasteiger charge is -2.42. The van der Waals surface area contributed by atoms with Crippen LogP contribution >= 0.6 is 0 Å². The molecule has 1 heterocycles. The third kappa shape index (κ3) is 2.23. The third-order valence-corrected chi connectivity index (χ3v) is 2.91. The van der Waals surface area contributed by atoms with E-state index in [2.05, 4.69) is 27.7 Å². The van der Waals surface area contributed by atoms with E-state index < -0.39 is 0 Å². The fourth-order valence-corrected chi connectivity index (χ4v) is 2.22. The lowest BCUT2D eigenvalue weighted by Crippen LogP contribution is -2.49. The molecule has 76 valence electrons. The van der Waals surface area contributed by atoms with Gasteiger partial charge in [-0.3, -0.25) is 4.79 Å². The van der Waals surface area contributed by atoms with Gasteiger partial charge in [0.2, 0.25) is 5.91 Å². The molecule has 1 rings (SSSR count). The first kappa shape index (κ1) is 10.6. The van der Waals surface area contributed by atoms with Crippen LogP contribution in [0.5, 0.6) is 0 Å². The zero-order chi connectivity index (χ0) is 10.1. The second-order valence-corrected chi connectivity index (χ2v) is 4.95. The Morgan fingerprint density at radius 2 is 2.08 bits per heavy atom. The molecule has 0 aromatic rings. The lowest BCUT2D eigenvalue weighted by atomic mass is 9.80. The largest absolute Gasteiger partial charge is 0.339 e. The van der Waals surface area contributed by atoms with E-state index in [-0.39, 0.29) is 5.41 Å². The van der Waals surface area contributed by atoms with Gasteiger partial charge in [-0.2, -0.15) is 0 Å². The summed E-state index contributed by atoms with van der Waals surface area (Å²) in [7, 11) is 0. The SMILES string of the molecule is CCN1C(=O)CCCC1C(C)(C)C. The number of nitrogens with zero attached hydrogens (tertiary/aromatic N) is 1. The molecule has 0 radical (unpaired) electrons. The number of hydrogen-bond donors (Lipinski definition) is 0. The summed E-state index contributed by atoms with van der Waals surface area (Å²) in [6.07, 6.45) is 2.99. The van der Waals surface area contributed by atoms with Crippen LogP contribution in [-0.2, 0) is 4.79 Å². The van der Waals surface area contributed by atoms with Crippen LogP contribution < -0.4 is 0 Å². The molecule has 1 atom stereocenters. The van der Waals surface area contributed by atoms with Crippen LogP contribution in [0.4, 0.5) is 0 Å². The average Bonchev–Trinajstić information content (AvgIpc) is 2.02. The van der Waals surface area contributed by atoms with E-state index in [0.717, 1.165) is 19.4 Å². The number of likely N-dealkylation sites (tertiary alicyclic amines) is 1. The Balaban J connectivity index is 2.76. The second-order valence-electron chi connectivity index (χ2n) is 4.95. The van der Waals surface area contributed by atoms with Gasteiger partial charge in [-0.15, -0.1) is 0 Å². The van der Waals surface area contributed by atoms with Crippen molar-refractivity contribution in [2.24, 2.45) is 5.41 Å². The Morgan fingerprint density at radius 1 is 1.46 bits per heavy atom. The molecule has 0 aromatic heterocycles. The van der Waals surface area contributed by atoms with Crippen molar-refractivity contribution in [1.82, 2.24) is 4.90 Å². The van der Waals surface area contributed by atoms with Crippen LogP contribution in [-0.4, -0.2) is 23.4 Å². The smallest absolute Gasteiger partial charge is 0.222 e. The Bertz CT molecular complexity index is 193. The summed E-state index contributed by atoms with van der Waals surface area (Å²) in [5, 5.41) is 0. The average molecular weight is 183 g/mol. The molecule has 1 unspecified atom stereocenters. The first-order chi connectivity index (χ1) is 5.96. The maximum absolute atomic E-state index is 11.6. The molecule has 0 saturated carbocycles. The normalized spacial score (nSPS) is 25.1. The van der Waals surface area contributed by atoms with E-state index in [9.17, 15) is 4.79 Å². The van der Waals surface area contributed by atoms with E-state index in [1.54, 1.807) is 0 Å². The minimum Gasteiger partial charge on any atom is -0.339 e. The summed E-state index contributed by atoms with van der Waals surface area (Å²) in [6, 6.07) is 0.443. The molecular formula is C11H21NO. The molecule has 0 aliphatic carbocycles. The van der Waals surface area contributed by atoms with Crippen molar-refractivity contribution in [1.29, 1.82) is 0 Å². The molecule has 0 aromatic carbocycles. The summed E-state index contributed by atoms with van der Waals surface area (Å²) < 4.78 is 0. The molecule has 1 aliphatic rings. The van der Waals surface area contributed by atoms with Crippen molar-refractivity contribution in [3.05, 3.63) is 0 Å². The van der Waals surface area contributed by atoms with Gasteiger partial charge in [0.15, 0.2) is 0 Å².